The Labute approximate surface area is 152 Å². The number of hydrogen-bond donors (Lipinski definition) is 1. The molecule has 6 nitrogen and oxygen atoms in total. The van der Waals surface area contributed by atoms with Crippen LogP contribution < -0.4 is 10.2 Å². The zero-order valence-electron chi connectivity index (χ0n) is 14.7. The fourth-order valence-corrected chi connectivity index (χ4v) is 2.47. The summed E-state index contributed by atoms with van der Waals surface area (Å²) in [7, 11) is 0. The highest BCUT2D eigenvalue weighted by atomic mass is 16.5. The number of rotatable bonds is 6. The van der Waals surface area contributed by atoms with Crippen molar-refractivity contribution in [3.63, 3.8) is 0 Å². The van der Waals surface area contributed by atoms with E-state index in [1.54, 1.807) is 10.9 Å². The number of carbonyl (C=O) groups is 1. The molecule has 0 unspecified atom stereocenters. The van der Waals surface area contributed by atoms with E-state index in [4.69, 9.17) is 4.74 Å². The monoisotopic (exact) mass is 348 g/mol. The maximum Gasteiger partial charge on any atom is 0.261 e. The maximum atomic E-state index is 12.0. The van der Waals surface area contributed by atoms with Gasteiger partial charge in [0.25, 0.3) is 5.91 Å². The van der Waals surface area contributed by atoms with E-state index in [-0.39, 0.29) is 12.5 Å². The molecule has 0 aliphatic carbocycles. The molecule has 132 valence electrons. The standard InChI is InChI=1S/C20H20N4O2/c1-15-11-16(2)24(23-15)14-20(25)22-21-13-17-7-6-10-19(12-17)26-18-8-4-3-5-9-18/h3-13H,14H2,1-2H3,(H,22,25)/b21-13-. The largest absolute Gasteiger partial charge is 0.457 e. The van der Waals surface area contributed by atoms with Gasteiger partial charge < -0.3 is 4.74 Å². The van der Waals surface area contributed by atoms with Crippen molar-refractivity contribution in [3.8, 4) is 11.5 Å². The third-order valence-electron chi connectivity index (χ3n) is 3.64. The first-order valence-electron chi connectivity index (χ1n) is 8.26. The van der Waals surface area contributed by atoms with Gasteiger partial charge in [0.05, 0.1) is 11.9 Å². The van der Waals surface area contributed by atoms with Crippen LogP contribution in [-0.2, 0) is 11.3 Å². The van der Waals surface area contributed by atoms with Crippen LogP contribution in [0.2, 0.25) is 0 Å². The van der Waals surface area contributed by atoms with Gasteiger partial charge in [0.2, 0.25) is 0 Å². The molecule has 0 aliphatic rings. The van der Waals surface area contributed by atoms with Crippen LogP contribution in [0.15, 0.2) is 65.8 Å². The molecule has 0 radical (unpaired) electrons. The van der Waals surface area contributed by atoms with Crippen molar-refractivity contribution < 1.29 is 9.53 Å². The van der Waals surface area contributed by atoms with Crippen LogP contribution in [0.5, 0.6) is 11.5 Å². The van der Waals surface area contributed by atoms with Crippen LogP contribution in [0.3, 0.4) is 0 Å². The van der Waals surface area contributed by atoms with E-state index in [9.17, 15) is 4.79 Å². The molecular formula is C20H20N4O2. The van der Waals surface area contributed by atoms with Crippen molar-refractivity contribution in [2.24, 2.45) is 5.10 Å². The molecular weight excluding hydrogens is 328 g/mol. The molecule has 3 aromatic rings. The van der Waals surface area contributed by atoms with Gasteiger partial charge in [-0.1, -0.05) is 30.3 Å². The Bertz CT molecular complexity index is 917. The molecule has 6 heteroatoms. The van der Waals surface area contributed by atoms with E-state index >= 15 is 0 Å². The van der Waals surface area contributed by atoms with Crippen LogP contribution in [0, 0.1) is 13.8 Å². The van der Waals surface area contributed by atoms with Crippen molar-refractivity contribution in [2.75, 3.05) is 0 Å². The Morgan fingerprint density at radius 2 is 1.88 bits per heavy atom. The molecule has 26 heavy (non-hydrogen) atoms. The summed E-state index contributed by atoms with van der Waals surface area (Å²) in [4.78, 5) is 12.0. The Morgan fingerprint density at radius 1 is 1.12 bits per heavy atom. The number of aromatic nitrogens is 2. The smallest absolute Gasteiger partial charge is 0.261 e. The second-order valence-corrected chi connectivity index (χ2v) is 5.87. The van der Waals surface area contributed by atoms with Crippen LogP contribution in [0.4, 0.5) is 0 Å². The summed E-state index contributed by atoms with van der Waals surface area (Å²) in [5.74, 6) is 1.23. The summed E-state index contributed by atoms with van der Waals surface area (Å²) in [6.45, 7) is 3.94. The molecule has 0 atom stereocenters. The number of nitrogens with one attached hydrogen (secondary N) is 1. The van der Waals surface area contributed by atoms with E-state index in [0.29, 0.717) is 5.75 Å². The number of nitrogens with zero attached hydrogens (tertiary/aromatic N) is 3. The lowest BCUT2D eigenvalue weighted by Gasteiger charge is -2.06. The third kappa shape index (κ3) is 4.80. The number of aryl methyl sites for hydroxylation is 2. The second-order valence-electron chi connectivity index (χ2n) is 5.87. The Balaban J connectivity index is 1.57. The van der Waals surface area contributed by atoms with E-state index in [2.05, 4.69) is 15.6 Å². The summed E-state index contributed by atoms with van der Waals surface area (Å²) in [6.07, 6.45) is 1.58. The lowest BCUT2D eigenvalue weighted by Crippen LogP contribution is -2.24. The zero-order chi connectivity index (χ0) is 18.4. The number of benzene rings is 2. The third-order valence-corrected chi connectivity index (χ3v) is 3.64. The van der Waals surface area contributed by atoms with Crippen LogP contribution in [0.25, 0.3) is 0 Å². The lowest BCUT2D eigenvalue weighted by molar-refractivity contribution is -0.121. The molecule has 1 amide bonds. The molecule has 0 fully saturated rings. The van der Waals surface area contributed by atoms with Gasteiger partial charge in [-0.3, -0.25) is 9.48 Å². The summed E-state index contributed by atoms with van der Waals surface area (Å²) in [6, 6.07) is 18.9. The molecule has 3 rings (SSSR count). The fourth-order valence-electron chi connectivity index (χ4n) is 2.47. The predicted octanol–water partition coefficient (Wildman–Crippen LogP) is 3.44. The highest BCUT2D eigenvalue weighted by Crippen LogP contribution is 2.21. The first-order chi connectivity index (χ1) is 12.6. The van der Waals surface area contributed by atoms with Crippen LogP contribution in [-0.4, -0.2) is 21.9 Å². The minimum absolute atomic E-state index is 0.133. The quantitative estimate of drug-likeness (QED) is 0.548. The Morgan fingerprint density at radius 3 is 2.62 bits per heavy atom. The number of hydrogen-bond acceptors (Lipinski definition) is 4. The predicted molar refractivity (Wildman–Crippen MR) is 100 cm³/mol. The van der Waals surface area contributed by atoms with Gasteiger partial charge in [-0.05, 0) is 49.7 Å². The molecule has 0 saturated carbocycles. The van der Waals surface area contributed by atoms with E-state index in [1.807, 2.05) is 74.5 Å². The molecule has 1 aromatic heterocycles. The summed E-state index contributed by atoms with van der Waals surface area (Å²) < 4.78 is 7.43. The fraction of sp³-hybridized carbons (Fsp3) is 0.150. The first-order valence-corrected chi connectivity index (χ1v) is 8.26. The average Bonchev–Trinajstić information content (AvgIpc) is 2.93. The molecule has 0 saturated heterocycles. The number of para-hydroxylation sites is 1. The van der Waals surface area contributed by atoms with Crippen molar-refractivity contribution in [2.45, 2.75) is 20.4 Å². The van der Waals surface area contributed by atoms with E-state index in [0.717, 1.165) is 22.7 Å². The second kappa shape index (κ2) is 8.11. The van der Waals surface area contributed by atoms with Gasteiger partial charge in [-0.25, -0.2) is 5.43 Å². The number of ether oxygens (including phenoxy) is 1. The molecule has 1 N–H and O–H groups in total. The summed E-state index contributed by atoms with van der Waals surface area (Å²) >= 11 is 0. The van der Waals surface area contributed by atoms with Crippen molar-refractivity contribution in [3.05, 3.63) is 77.6 Å². The van der Waals surface area contributed by atoms with Gasteiger partial charge in [0.15, 0.2) is 0 Å². The normalized spacial score (nSPS) is 10.8. The molecule has 1 heterocycles. The molecule has 0 bridgehead atoms. The van der Waals surface area contributed by atoms with Crippen molar-refractivity contribution >= 4 is 12.1 Å². The zero-order valence-corrected chi connectivity index (χ0v) is 14.7. The first kappa shape index (κ1) is 17.4. The molecule has 2 aromatic carbocycles. The lowest BCUT2D eigenvalue weighted by atomic mass is 10.2. The summed E-state index contributed by atoms with van der Waals surface area (Å²) in [5.41, 5.74) is 5.16. The topological polar surface area (TPSA) is 68.5 Å². The van der Waals surface area contributed by atoms with E-state index < -0.39 is 0 Å². The highest BCUT2D eigenvalue weighted by molar-refractivity contribution is 5.82. The minimum Gasteiger partial charge on any atom is -0.457 e. The number of carbonyl (C=O) groups excluding carboxylic acids is 1. The molecule has 0 aliphatic heterocycles. The maximum absolute atomic E-state index is 12.0. The Kier molecular flexibility index (Phi) is 5.43. The summed E-state index contributed by atoms with van der Waals surface area (Å²) in [5, 5.41) is 8.26. The van der Waals surface area contributed by atoms with Gasteiger partial charge in [-0.2, -0.15) is 10.2 Å². The molecule has 0 spiro atoms. The van der Waals surface area contributed by atoms with Gasteiger partial charge in [0, 0.05) is 5.69 Å². The van der Waals surface area contributed by atoms with Gasteiger partial charge in [-0.15, -0.1) is 0 Å². The SMILES string of the molecule is Cc1cc(C)n(CC(=O)N/N=C\c2cccc(Oc3ccccc3)c2)n1. The van der Waals surface area contributed by atoms with Crippen LogP contribution >= 0.6 is 0 Å². The van der Waals surface area contributed by atoms with Gasteiger partial charge >= 0.3 is 0 Å². The van der Waals surface area contributed by atoms with Crippen LogP contribution in [0.1, 0.15) is 17.0 Å². The van der Waals surface area contributed by atoms with E-state index in [1.165, 1.54) is 0 Å². The average molecular weight is 348 g/mol. The minimum atomic E-state index is -0.232. The number of hydrazone groups is 1. The van der Waals surface area contributed by atoms with Crippen molar-refractivity contribution in [1.82, 2.24) is 15.2 Å². The van der Waals surface area contributed by atoms with Gasteiger partial charge in [0.1, 0.15) is 18.0 Å². The highest BCUT2D eigenvalue weighted by Gasteiger charge is 2.06. The Hall–Kier alpha value is -3.41. The number of amides is 1. The van der Waals surface area contributed by atoms with Crippen molar-refractivity contribution in [1.29, 1.82) is 0 Å².